The molecule has 3 aromatic rings. The van der Waals surface area contributed by atoms with Crippen LogP contribution in [0.25, 0.3) is 22.4 Å². The number of nitrogen functional groups attached to an aromatic ring is 1. The van der Waals surface area contributed by atoms with Gasteiger partial charge in [0.15, 0.2) is 0 Å². The van der Waals surface area contributed by atoms with E-state index in [0.717, 1.165) is 35.4 Å². The Morgan fingerprint density at radius 1 is 1.33 bits per heavy atom. The van der Waals surface area contributed by atoms with Gasteiger partial charge in [-0.1, -0.05) is 19.1 Å². The highest BCUT2D eigenvalue weighted by molar-refractivity contribution is 5.82. The first kappa shape index (κ1) is 10.8. The van der Waals surface area contributed by atoms with E-state index in [2.05, 4.69) is 32.7 Å². The summed E-state index contributed by atoms with van der Waals surface area (Å²) in [5.41, 5.74) is 8.87. The summed E-state index contributed by atoms with van der Waals surface area (Å²) in [6, 6.07) is 8.12. The lowest BCUT2D eigenvalue weighted by Crippen LogP contribution is -2.00. The largest absolute Gasteiger partial charge is 0.383 e. The van der Waals surface area contributed by atoms with Gasteiger partial charge >= 0.3 is 0 Å². The fourth-order valence-corrected chi connectivity index (χ4v) is 2.21. The summed E-state index contributed by atoms with van der Waals surface area (Å²) in [5.74, 6) is 1.44. The van der Waals surface area contributed by atoms with Crippen LogP contribution < -0.4 is 5.73 Å². The Morgan fingerprint density at radius 2 is 2.17 bits per heavy atom. The molecule has 1 aromatic carbocycles. The number of hydrogen-bond acceptors (Lipinski definition) is 3. The lowest BCUT2D eigenvalue weighted by molar-refractivity contribution is 0.704. The minimum absolute atomic E-state index is 0.558. The molecule has 0 aliphatic rings. The quantitative estimate of drug-likeness (QED) is 0.739. The van der Waals surface area contributed by atoms with Crippen LogP contribution >= 0.6 is 0 Å². The monoisotopic (exact) mass is 241 g/mol. The Bertz CT molecular complexity index is 680. The van der Waals surface area contributed by atoms with Gasteiger partial charge in [0.1, 0.15) is 11.6 Å². The van der Waals surface area contributed by atoms with Gasteiger partial charge in [-0.25, -0.2) is 4.98 Å². The van der Waals surface area contributed by atoms with E-state index in [4.69, 9.17) is 5.73 Å². The first-order valence-corrected chi connectivity index (χ1v) is 6.05. The molecule has 2 aromatic heterocycles. The molecule has 0 spiro atoms. The van der Waals surface area contributed by atoms with Crippen molar-refractivity contribution < 1.29 is 0 Å². The Balaban J connectivity index is 2.28. The summed E-state index contributed by atoms with van der Waals surface area (Å²) in [5, 5.41) is 6.72. The van der Waals surface area contributed by atoms with Crippen molar-refractivity contribution in [1.29, 1.82) is 0 Å². The van der Waals surface area contributed by atoms with Crippen LogP contribution in [0.15, 0.2) is 30.5 Å². The number of aromatic nitrogens is 4. The second-order valence-electron chi connectivity index (χ2n) is 4.27. The van der Waals surface area contributed by atoms with Gasteiger partial charge in [-0.15, -0.1) is 0 Å². The van der Waals surface area contributed by atoms with E-state index in [9.17, 15) is 0 Å². The van der Waals surface area contributed by atoms with E-state index in [-0.39, 0.29) is 0 Å². The number of nitrogens with two attached hydrogens (primary N) is 1. The van der Waals surface area contributed by atoms with E-state index in [1.165, 1.54) is 0 Å². The van der Waals surface area contributed by atoms with Crippen molar-refractivity contribution in [2.45, 2.75) is 19.9 Å². The lowest BCUT2D eigenvalue weighted by atomic mass is 10.3. The lowest BCUT2D eigenvalue weighted by Gasteiger charge is -2.06. The molecule has 2 heterocycles. The molecule has 0 amide bonds. The minimum atomic E-state index is 0.558. The molecule has 0 aliphatic heterocycles. The van der Waals surface area contributed by atoms with Gasteiger partial charge in [0.2, 0.25) is 0 Å². The van der Waals surface area contributed by atoms with E-state index in [0.29, 0.717) is 5.82 Å². The molecule has 0 saturated heterocycles. The summed E-state index contributed by atoms with van der Waals surface area (Å²) in [4.78, 5) is 4.66. The number of benzene rings is 1. The van der Waals surface area contributed by atoms with E-state index in [1.54, 1.807) is 6.20 Å². The highest BCUT2D eigenvalue weighted by atomic mass is 15.2. The fourth-order valence-electron chi connectivity index (χ4n) is 2.21. The van der Waals surface area contributed by atoms with Crippen molar-refractivity contribution >= 4 is 16.9 Å². The third-order valence-electron chi connectivity index (χ3n) is 3.01. The van der Waals surface area contributed by atoms with Crippen LogP contribution in [0, 0.1) is 0 Å². The molecule has 0 atom stereocenters. The summed E-state index contributed by atoms with van der Waals surface area (Å²) in [7, 11) is 0. The molecule has 92 valence electrons. The average Bonchev–Trinajstić information content (AvgIpc) is 2.94. The van der Waals surface area contributed by atoms with Gasteiger partial charge < -0.3 is 10.3 Å². The summed E-state index contributed by atoms with van der Waals surface area (Å²) >= 11 is 0. The molecule has 0 saturated carbocycles. The summed E-state index contributed by atoms with van der Waals surface area (Å²) < 4.78 is 2.19. The third kappa shape index (κ3) is 1.55. The van der Waals surface area contributed by atoms with Gasteiger partial charge in [-0.3, -0.25) is 5.10 Å². The summed E-state index contributed by atoms with van der Waals surface area (Å²) in [6.45, 7) is 3.07. The number of fused-ring (bicyclic) bond motifs is 1. The normalized spacial score (nSPS) is 11.2. The zero-order chi connectivity index (χ0) is 12.5. The number of hydrogen-bond donors (Lipinski definition) is 2. The van der Waals surface area contributed by atoms with Crippen LogP contribution in [0.4, 0.5) is 5.82 Å². The molecule has 3 rings (SSSR count). The van der Waals surface area contributed by atoms with Crippen molar-refractivity contribution in [1.82, 2.24) is 19.7 Å². The topological polar surface area (TPSA) is 72.5 Å². The van der Waals surface area contributed by atoms with Crippen LogP contribution in [0.3, 0.4) is 0 Å². The Kier molecular flexibility index (Phi) is 2.51. The van der Waals surface area contributed by atoms with E-state index in [1.807, 2.05) is 18.2 Å². The highest BCUT2D eigenvalue weighted by Gasteiger charge is 2.14. The average molecular weight is 241 g/mol. The molecular weight excluding hydrogens is 226 g/mol. The maximum absolute atomic E-state index is 5.89. The molecular formula is C13H15N5. The van der Waals surface area contributed by atoms with Crippen LogP contribution in [0.2, 0.25) is 0 Å². The molecule has 18 heavy (non-hydrogen) atoms. The number of nitrogens with zero attached hydrogens (tertiary/aromatic N) is 3. The van der Waals surface area contributed by atoms with Gasteiger partial charge in [0.05, 0.1) is 22.8 Å². The molecule has 0 unspecified atom stereocenters. The van der Waals surface area contributed by atoms with Gasteiger partial charge in [-0.2, -0.15) is 5.10 Å². The molecule has 0 bridgehead atoms. The van der Waals surface area contributed by atoms with Crippen molar-refractivity contribution in [2.75, 3.05) is 5.73 Å². The predicted molar refractivity (Wildman–Crippen MR) is 72.0 cm³/mol. The fraction of sp³-hybridized carbons (Fsp3) is 0.231. The maximum Gasteiger partial charge on any atom is 0.146 e. The smallest absolute Gasteiger partial charge is 0.146 e. The maximum atomic E-state index is 5.89. The molecule has 0 fully saturated rings. The van der Waals surface area contributed by atoms with Crippen LogP contribution in [-0.2, 0) is 6.54 Å². The zero-order valence-electron chi connectivity index (χ0n) is 10.2. The van der Waals surface area contributed by atoms with Gasteiger partial charge in [0, 0.05) is 6.54 Å². The van der Waals surface area contributed by atoms with Crippen molar-refractivity contribution in [3.05, 3.63) is 30.5 Å². The standard InChI is InChI=1S/C13H15N5/c1-2-7-18-11-6-4-3-5-10(11)16-13(18)9-8-15-17-12(9)14/h3-6,8H,2,7H2,1H3,(H3,14,15,17). The Hall–Kier alpha value is -2.30. The SMILES string of the molecule is CCCn1c(-c2cn[nH]c2N)nc2ccccc21. The molecule has 0 aliphatic carbocycles. The van der Waals surface area contributed by atoms with E-state index >= 15 is 0 Å². The van der Waals surface area contributed by atoms with Crippen LogP contribution in [-0.4, -0.2) is 19.7 Å². The van der Waals surface area contributed by atoms with Crippen molar-refractivity contribution in [2.24, 2.45) is 0 Å². The first-order valence-electron chi connectivity index (χ1n) is 6.05. The molecule has 0 radical (unpaired) electrons. The van der Waals surface area contributed by atoms with Crippen molar-refractivity contribution in [3.63, 3.8) is 0 Å². The minimum Gasteiger partial charge on any atom is -0.383 e. The Morgan fingerprint density at radius 3 is 2.89 bits per heavy atom. The molecule has 3 N–H and O–H groups in total. The number of anilines is 1. The second-order valence-corrected chi connectivity index (χ2v) is 4.27. The number of rotatable bonds is 3. The van der Waals surface area contributed by atoms with Crippen LogP contribution in [0.5, 0.6) is 0 Å². The van der Waals surface area contributed by atoms with Gasteiger partial charge in [-0.05, 0) is 18.6 Å². The van der Waals surface area contributed by atoms with Gasteiger partial charge in [0.25, 0.3) is 0 Å². The number of para-hydroxylation sites is 2. The molecule has 5 heteroatoms. The van der Waals surface area contributed by atoms with Crippen molar-refractivity contribution in [3.8, 4) is 11.4 Å². The summed E-state index contributed by atoms with van der Waals surface area (Å²) in [6.07, 6.45) is 2.77. The highest BCUT2D eigenvalue weighted by Crippen LogP contribution is 2.27. The second kappa shape index (κ2) is 4.18. The van der Waals surface area contributed by atoms with Crippen LogP contribution in [0.1, 0.15) is 13.3 Å². The predicted octanol–water partition coefficient (Wildman–Crippen LogP) is 2.42. The zero-order valence-corrected chi connectivity index (χ0v) is 10.2. The number of aromatic amines is 1. The number of imidazole rings is 1. The third-order valence-corrected chi connectivity index (χ3v) is 3.01. The number of nitrogens with one attached hydrogen (secondary N) is 1. The van der Waals surface area contributed by atoms with E-state index < -0.39 is 0 Å². The Labute approximate surface area is 105 Å². The number of aryl methyl sites for hydroxylation is 1. The first-order chi connectivity index (χ1) is 8.81. The number of H-pyrrole nitrogens is 1. The molecule has 5 nitrogen and oxygen atoms in total.